The van der Waals surface area contributed by atoms with Crippen LogP contribution in [0.3, 0.4) is 0 Å². The van der Waals surface area contributed by atoms with Crippen LogP contribution in [0.5, 0.6) is 0 Å². The molecule has 2 aliphatic rings. The smallest absolute Gasteiger partial charge is 0.233 e. The molecular formula is C23H22FN5O2. The highest BCUT2D eigenvalue weighted by Crippen LogP contribution is 2.34. The van der Waals surface area contributed by atoms with Crippen LogP contribution >= 0.6 is 0 Å². The number of hydrogen-bond acceptors (Lipinski definition) is 5. The zero-order valence-electron chi connectivity index (χ0n) is 17.4. The molecule has 0 spiro atoms. The highest BCUT2D eigenvalue weighted by atomic mass is 19.1. The highest BCUT2D eigenvalue weighted by Gasteiger charge is 2.40. The fraction of sp³-hybridized carbons (Fsp3) is 0.304. The fourth-order valence-corrected chi connectivity index (χ4v) is 4.19. The Hall–Kier alpha value is -3.55. The molecule has 1 fully saturated rings. The lowest BCUT2D eigenvalue weighted by Crippen LogP contribution is -2.46. The molecule has 31 heavy (non-hydrogen) atoms. The molecule has 7 nitrogen and oxygen atoms in total. The van der Waals surface area contributed by atoms with Gasteiger partial charge >= 0.3 is 0 Å². The number of carbonyl (C=O) groups excluding carboxylic acids is 2. The van der Waals surface area contributed by atoms with Crippen LogP contribution in [-0.4, -0.2) is 48.5 Å². The van der Waals surface area contributed by atoms with E-state index in [0.717, 1.165) is 5.52 Å². The van der Waals surface area contributed by atoms with Crippen molar-refractivity contribution >= 4 is 40.2 Å². The topological polar surface area (TPSA) is 69.6 Å². The summed E-state index contributed by atoms with van der Waals surface area (Å²) in [5, 5.41) is 0. The van der Waals surface area contributed by atoms with Gasteiger partial charge in [-0.2, -0.15) is 0 Å². The summed E-state index contributed by atoms with van der Waals surface area (Å²) in [5.41, 5.74) is 2.48. The number of para-hydroxylation sites is 2. The number of amides is 2. The number of hydrogen-bond donors (Lipinski definition) is 0. The standard InChI is InChI=1S/C23H22FN5O2/c1-14-7-8-16(12-17(14)24)29-13-15(11-20(29)30)23(31)28-10-9-27(2)21-22(28)26-19-6-4-3-5-18(19)25-21/h3-8,12,15H,9-11,13H2,1-2H3. The second-order valence-corrected chi connectivity index (χ2v) is 8.11. The van der Waals surface area contributed by atoms with Gasteiger partial charge in [-0.1, -0.05) is 18.2 Å². The van der Waals surface area contributed by atoms with E-state index in [9.17, 15) is 14.0 Å². The van der Waals surface area contributed by atoms with E-state index in [4.69, 9.17) is 9.97 Å². The van der Waals surface area contributed by atoms with Gasteiger partial charge in [-0.15, -0.1) is 0 Å². The van der Waals surface area contributed by atoms with Crippen LogP contribution in [0.4, 0.5) is 21.7 Å². The van der Waals surface area contributed by atoms with E-state index in [1.165, 1.54) is 11.0 Å². The first-order chi connectivity index (χ1) is 14.9. The van der Waals surface area contributed by atoms with Crippen molar-refractivity contribution in [2.75, 3.05) is 41.4 Å². The molecule has 5 rings (SSSR count). The number of rotatable bonds is 2. The van der Waals surface area contributed by atoms with Gasteiger partial charge in [-0.3, -0.25) is 14.5 Å². The average Bonchev–Trinajstić information content (AvgIpc) is 3.16. The lowest BCUT2D eigenvalue weighted by atomic mass is 10.1. The summed E-state index contributed by atoms with van der Waals surface area (Å²) in [6.45, 7) is 2.99. The number of likely N-dealkylation sites (N-methyl/N-ethyl adjacent to an activating group) is 1. The van der Waals surface area contributed by atoms with Crippen molar-refractivity contribution in [1.82, 2.24) is 9.97 Å². The summed E-state index contributed by atoms with van der Waals surface area (Å²) < 4.78 is 14.0. The number of benzene rings is 2. The molecule has 8 heteroatoms. The maximum absolute atomic E-state index is 14.0. The molecule has 0 bridgehead atoms. The predicted molar refractivity (Wildman–Crippen MR) is 117 cm³/mol. The summed E-state index contributed by atoms with van der Waals surface area (Å²) >= 11 is 0. The molecule has 3 heterocycles. The van der Waals surface area contributed by atoms with Crippen molar-refractivity contribution in [3.05, 3.63) is 53.8 Å². The van der Waals surface area contributed by atoms with Crippen LogP contribution in [0.2, 0.25) is 0 Å². The monoisotopic (exact) mass is 419 g/mol. The summed E-state index contributed by atoms with van der Waals surface area (Å²) in [6.07, 6.45) is 0.0943. The number of aromatic nitrogens is 2. The second-order valence-electron chi connectivity index (χ2n) is 8.11. The lowest BCUT2D eigenvalue weighted by Gasteiger charge is -2.34. The molecule has 1 unspecified atom stereocenters. The number of aryl methyl sites for hydroxylation is 1. The van der Waals surface area contributed by atoms with Gasteiger partial charge in [0.25, 0.3) is 0 Å². The van der Waals surface area contributed by atoms with Crippen LogP contribution in [0.15, 0.2) is 42.5 Å². The van der Waals surface area contributed by atoms with Crippen molar-refractivity contribution in [2.24, 2.45) is 5.92 Å². The molecule has 1 aromatic heterocycles. The van der Waals surface area contributed by atoms with E-state index in [2.05, 4.69) is 0 Å². The molecule has 0 N–H and O–H groups in total. The molecule has 0 saturated carbocycles. The molecular weight excluding hydrogens is 397 g/mol. The predicted octanol–water partition coefficient (Wildman–Crippen LogP) is 2.91. The highest BCUT2D eigenvalue weighted by molar-refractivity contribution is 6.05. The summed E-state index contributed by atoms with van der Waals surface area (Å²) in [6, 6.07) is 12.3. The van der Waals surface area contributed by atoms with Crippen molar-refractivity contribution in [1.29, 1.82) is 0 Å². The number of carbonyl (C=O) groups is 2. The van der Waals surface area contributed by atoms with E-state index in [1.54, 1.807) is 24.0 Å². The number of halogens is 1. The van der Waals surface area contributed by atoms with Crippen molar-refractivity contribution in [3.63, 3.8) is 0 Å². The normalized spacial score (nSPS) is 18.6. The van der Waals surface area contributed by atoms with Gasteiger partial charge in [0.1, 0.15) is 5.82 Å². The molecule has 0 aliphatic carbocycles. The maximum Gasteiger partial charge on any atom is 0.233 e. The molecule has 2 amide bonds. The van der Waals surface area contributed by atoms with Gasteiger partial charge in [0.05, 0.1) is 17.0 Å². The lowest BCUT2D eigenvalue weighted by molar-refractivity contribution is -0.124. The number of nitrogens with zero attached hydrogens (tertiary/aromatic N) is 5. The molecule has 0 radical (unpaired) electrons. The van der Waals surface area contributed by atoms with Crippen LogP contribution in [0.1, 0.15) is 12.0 Å². The van der Waals surface area contributed by atoms with E-state index >= 15 is 0 Å². The minimum absolute atomic E-state index is 0.0943. The first kappa shape index (κ1) is 19.4. The third kappa shape index (κ3) is 3.28. The number of fused-ring (bicyclic) bond motifs is 2. The Labute approximate surface area is 179 Å². The van der Waals surface area contributed by atoms with Gasteiger partial charge in [-0.05, 0) is 36.8 Å². The van der Waals surface area contributed by atoms with Crippen molar-refractivity contribution in [2.45, 2.75) is 13.3 Å². The van der Waals surface area contributed by atoms with Gasteiger partial charge < -0.3 is 9.80 Å². The Morgan fingerprint density at radius 3 is 2.48 bits per heavy atom. The van der Waals surface area contributed by atoms with Gasteiger partial charge in [0.15, 0.2) is 11.6 Å². The van der Waals surface area contributed by atoms with Crippen LogP contribution < -0.4 is 14.7 Å². The summed E-state index contributed by atoms with van der Waals surface area (Å²) in [7, 11) is 1.93. The Balaban J connectivity index is 1.44. The molecule has 1 atom stereocenters. The SMILES string of the molecule is Cc1ccc(N2CC(C(=O)N3CCN(C)c4nc5ccccc5nc43)CC2=O)cc1F. The molecule has 3 aromatic rings. The maximum atomic E-state index is 14.0. The Bertz CT molecular complexity index is 1210. The zero-order valence-corrected chi connectivity index (χ0v) is 17.4. The Morgan fingerprint density at radius 2 is 1.77 bits per heavy atom. The van der Waals surface area contributed by atoms with Gasteiger partial charge in [0, 0.05) is 38.8 Å². The second kappa shape index (κ2) is 7.30. The first-order valence-electron chi connectivity index (χ1n) is 10.3. The molecule has 2 aliphatic heterocycles. The minimum Gasteiger partial charge on any atom is -0.355 e. The largest absolute Gasteiger partial charge is 0.355 e. The molecule has 1 saturated heterocycles. The van der Waals surface area contributed by atoms with E-state index in [0.29, 0.717) is 41.5 Å². The molecule has 158 valence electrons. The Morgan fingerprint density at radius 1 is 1.06 bits per heavy atom. The summed E-state index contributed by atoms with van der Waals surface area (Å²) in [5.74, 6) is -0.0376. The summed E-state index contributed by atoms with van der Waals surface area (Å²) in [4.78, 5) is 40.6. The van der Waals surface area contributed by atoms with Crippen LogP contribution in [0.25, 0.3) is 11.0 Å². The average molecular weight is 419 g/mol. The quantitative estimate of drug-likeness (QED) is 0.639. The van der Waals surface area contributed by atoms with Crippen molar-refractivity contribution in [3.8, 4) is 0 Å². The van der Waals surface area contributed by atoms with E-state index in [1.807, 2.05) is 36.2 Å². The van der Waals surface area contributed by atoms with Crippen molar-refractivity contribution < 1.29 is 14.0 Å². The van der Waals surface area contributed by atoms with Gasteiger partial charge in [-0.25, -0.2) is 14.4 Å². The fourth-order valence-electron chi connectivity index (χ4n) is 4.19. The number of anilines is 3. The minimum atomic E-state index is -0.513. The van der Waals surface area contributed by atoms with Crippen LogP contribution in [0, 0.1) is 18.7 Å². The third-order valence-electron chi connectivity index (χ3n) is 6.02. The Kier molecular flexibility index (Phi) is 4.57. The van der Waals surface area contributed by atoms with E-state index < -0.39 is 5.92 Å². The molecule has 2 aromatic carbocycles. The third-order valence-corrected chi connectivity index (χ3v) is 6.02. The van der Waals surface area contributed by atoms with Crippen LogP contribution in [-0.2, 0) is 9.59 Å². The zero-order chi connectivity index (χ0) is 21.7. The first-order valence-corrected chi connectivity index (χ1v) is 10.3. The van der Waals surface area contributed by atoms with E-state index in [-0.39, 0.29) is 30.6 Å². The van der Waals surface area contributed by atoms with Gasteiger partial charge in [0.2, 0.25) is 11.8 Å².